The van der Waals surface area contributed by atoms with Crippen LogP contribution in [0, 0.1) is 11.8 Å². The number of allylic oxidation sites excluding steroid dienone is 1. The van der Waals surface area contributed by atoms with Gasteiger partial charge in [-0.2, -0.15) is 0 Å². The Hall–Kier alpha value is -2.35. The molecule has 1 aliphatic rings. The minimum absolute atomic E-state index is 0.0986. The molecule has 0 aliphatic carbocycles. The van der Waals surface area contributed by atoms with Crippen molar-refractivity contribution in [3.63, 3.8) is 0 Å². The molecule has 0 spiro atoms. The lowest BCUT2D eigenvalue weighted by atomic mass is 10.1. The molecule has 2 rings (SSSR count). The highest BCUT2D eigenvalue weighted by Gasteiger charge is 2.25. The van der Waals surface area contributed by atoms with Crippen LogP contribution in [0.1, 0.15) is 26.0 Å². The van der Waals surface area contributed by atoms with Crippen LogP contribution in [0.25, 0.3) is 0 Å². The van der Waals surface area contributed by atoms with Gasteiger partial charge in [0.25, 0.3) is 5.91 Å². The monoisotopic (exact) mass is 348 g/mol. The van der Waals surface area contributed by atoms with Gasteiger partial charge in [0, 0.05) is 18.1 Å². The highest BCUT2D eigenvalue weighted by molar-refractivity contribution is 7.13. The Morgan fingerprint density at radius 1 is 1.38 bits per heavy atom. The van der Waals surface area contributed by atoms with E-state index >= 15 is 0 Å². The first-order chi connectivity index (χ1) is 11.5. The zero-order valence-electron chi connectivity index (χ0n) is 13.6. The fourth-order valence-corrected chi connectivity index (χ4v) is 2.71. The first-order valence-corrected chi connectivity index (χ1v) is 8.60. The van der Waals surface area contributed by atoms with Crippen LogP contribution in [0.4, 0.5) is 5.13 Å². The van der Waals surface area contributed by atoms with Crippen molar-refractivity contribution in [3.8, 4) is 0 Å². The minimum Gasteiger partial charge on any atom is -0.356 e. The molecule has 3 amide bonds. The predicted molar refractivity (Wildman–Crippen MR) is 93.0 cm³/mol. The average Bonchev–Trinajstić information content (AvgIpc) is 2.94. The molecule has 0 saturated heterocycles. The second-order valence-electron chi connectivity index (χ2n) is 5.82. The normalized spacial score (nSPS) is 16.5. The summed E-state index contributed by atoms with van der Waals surface area (Å²) >= 11 is 1.22. The minimum atomic E-state index is -0.929. The summed E-state index contributed by atoms with van der Waals surface area (Å²) in [6, 6.07) is 0. The molecule has 128 valence electrons. The molecular weight excluding hydrogens is 328 g/mol. The molecule has 0 aromatic carbocycles. The maximum Gasteiger partial charge on any atom is 0.262 e. The van der Waals surface area contributed by atoms with Gasteiger partial charge in [-0.15, -0.1) is 11.3 Å². The van der Waals surface area contributed by atoms with Gasteiger partial charge in [0.1, 0.15) is 5.92 Å². The molecule has 1 aromatic rings. The van der Waals surface area contributed by atoms with Crippen LogP contribution in [-0.4, -0.2) is 35.5 Å². The van der Waals surface area contributed by atoms with Gasteiger partial charge in [-0.05, 0) is 18.4 Å². The van der Waals surface area contributed by atoms with E-state index in [0.717, 1.165) is 6.42 Å². The lowest BCUT2D eigenvalue weighted by Gasteiger charge is -2.09. The Kier molecular flexibility index (Phi) is 6.36. The van der Waals surface area contributed by atoms with Gasteiger partial charge in [0.15, 0.2) is 5.13 Å². The van der Waals surface area contributed by atoms with Gasteiger partial charge < -0.3 is 10.6 Å². The quantitative estimate of drug-likeness (QED) is 0.730. The molecule has 1 unspecified atom stereocenters. The molecule has 0 radical (unpaired) electrons. The number of rotatable bonds is 7. The molecule has 1 atom stereocenters. The van der Waals surface area contributed by atoms with Crippen molar-refractivity contribution in [2.24, 2.45) is 16.8 Å². The molecule has 7 nitrogen and oxygen atoms in total. The average molecular weight is 348 g/mol. The van der Waals surface area contributed by atoms with Crippen molar-refractivity contribution in [1.29, 1.82) is 0 Å². The zero-order chi connectivity index (χ0) is 17.5. The summed E-state index contributed by atoms with van der Waals surface area (Å²) in [5.41, 5.74) is 0.584. The summed E-state index contributed by atoms with van der Waals surface area (Å²) in [5, 5.41) is 7.50. The smallest absolute Gasteiger partial charge is 0.262 e. The molecule has 8 heteroatoms. The van der Waals surface area contributed by atoms with Crippen LogP contribution in [0.2, 0.25) is 0 Å². The number of aromatic nitrogens is 1. The Balaban J connectivity index is 1.83. The molecular formula is C16H20N4O3S. The molecule has 0 fully saturated rings. The zero-order valence-corrected chi connectivity index (χ0v) is 14.4. The lowest BCUT2D eigenvalue weighted by Crippen LogP contribution is -2.28. The maximum absolute atomic E-state index is 12.0. The topological polar surface area (TPSA) is 101 Å². The Bertz CT molecular complexity index is 679. The first-order valence-electron chi connectivity index (χ1n) is 7.72. The van der Waals surface area contributed by atoms with E-state index in [4.69, 9.17) is 0 Å². The third-order valence-corrected chi connectivity index (χ3v) is 4.11. The van der Waals surface area contributed by atoms with Crippen LogP contribution in [0.5, 0.6) is 0 Å². The summed E-state index contributed by atoms with van der Waals surface area (Å²) in [6.45, 7) is 4.83. The van der Waals surface area contributed by atoms with E-state index in [1.54, 1.807) is 11.5 Å². The summed E-state index contributed by atoms with van der Waals surface area (Å²) in [7, 11) is 0. The van der Waals surface area contributed by atoms with Crippen LogP contribution >= 0.6 is 11.3 Å². The largest absolute Gasteiger partial charge is 0.356 e. The number of dihydropyridines is 1. The molecule has 2 heterocycles. The molecule has 1 aromatic heterocycles. The van der Waals surface area contributed by atoms with Gasteiger partial charge in [0.05, 0.1) is 12.1 Å². The van der Waals surface area contributed by atoms with Crippen molar-refractivity contribution >= 4 is 40.4 Å². The highest BCUT2D eigenvalue weighted by atomic mass is 32.1. The summed E-state index contributed by atoms with van der Waals surface area (Å²) in [4.78, 5) is 43.2. The van der Waals surface area contributed by atoms with E-state index in [0.29, 0.717) is 23.3 Å². The van der Waals surface area contributed by atoms with Crippen molar-refractivity contribution in [2.75, 3.05) is 11.9 Å². The summed E-state index contributed by atoms with van der Waals surface area (Å²) in [5.74, 6) is -1.47. The number of hydrogen-bond acceptors (Lipinski definition) is 5. The van der Waals surface area contributed by atoms with Crippen LogP contribution in [0.3, 0.4) is 0 Å². The number of hydrogen-bond donors (Lipinski definition) is 2. The maximum atomic E-state index is 12.0. The van der Waals surface area contributed by atoms with E-state index < -0.39 is 17.7 Å². The van der Waals surface area contributed by atoms with Crippen LogP contribution in [-0.2, 0) is 20.8 Å². The second kappa shape index (κ2) is 8.49. The second-order valence-corrected chi connectivity index (χ2v) is 6.68. The molecule has 1 aliphatic heterocycles. The number of carbonyl (C=O) groups excluding carboxylic acids is 3. The molecule has 2 N–H and O–H groups in total. The van der Waals surface area contributed by atoms with Gasteiger partial charge in [-0.1, -0.05) is 19.9 Å². The van der Waals surface area contributed by atoms with E-state index in [2.05, 4.69) is 34.5 Å². The SMILES string of the molecule is CC(C)CCNC(=O)Cc1csc(NC(=O)C2C=CC=NC2=O)n1. The summed E-state index contributed by atoms with van der Waals surface area (Å²) in [6.07, 6.45) is 5.49. The van der Waals surface area contributed by atoms with E-state index in [1.165, 1.54) is 23.6 Å². The number of nitrogens with one attached hydrogen (secondary N) is 2. The number of thiazole rings is 1. The van der Waals surface area contributed by atoms with E-state index in [9.17, 15) is 14.4 Å². The van der Waals surface area contributed by atoms with Crippen molar-refractivity contribution < 1.29 is 14.4 Å². The molecule has 24 heavy (non-hydrogen) atoms. The van der Waals surface area contributed by atoms with Gasteiger partial charge in [-0.3, -0.25) is 14.4 Å². The summed E-state index contributed by atoms with van der Waals surface area (Å²) < 4.78 is 0. The van der Waals surface area contributed by atoms with Crippen molar-refractivity contribution in [2.45, 2.75) is 26.7 Å². The number of amides is 3. The Morgan fingerprint density at radius 3 is 2.88 bits per heavy atom. The van der Waals surface area contributed by atoms with E-state index in [1.807, 2.05) is 0 Å². The highest BCUT2D eigenvalue weighted by Crippen LogP contribution is 2.18. The number of nitrogens with zero attached hydrogens (tertiary/aromatic N) is 2. The molecule has 0 bridgehead atoms. The fraction of sp³-hybridized carbons (Fsp3) is 0.438. The predicted octanol–water partition coefficient (Wildman–Crippen LogP) is 1.57. The van der Waals surface area contributed by atoms with E-state index in [-0.39, 0.29) is 12.3 Å². The van der Waals surface area contributed by atoms with Crippen LogP contribution < -0.4 is 10.6 Å². The third kappa shape index (κ3) is 5.38. The van der Waals surface area contributed by atoms with Crippen LogP contribution in [0.15, 0.2) is 22.5 Å². The fourth-order valence-electron chi connectivity index (χ4n) is 2.00. The Labute approximate surface area is 144 Å². The lowest BCUT2D eigenvalue weighted by molar-refractivity contribution is -0.128. The van der Waals surface area contributed by atoms with Crippen molar-refractivity contribution in [1.82, 2.24) is 10.3 Å². The number of carbonyl (C=O) groups is 3. The molecule has 0 saturated carbocycles. The third-order valence-electron chi connectivity index (χ3n) is 3.31. The van der Waals surface area contributed by atoms with Gasteiger partial charge in [-0.25, -0.2) is 9.98 Å². The number of anilines is 1. The Morgan fingerprint density at radius 2 is 2.17 bits per heavy atom. The van der Waals surface area contributed by atoms with Gasteiger partial charge >= 0.3 is 0 Å². The van der Waals surface area contributed by atoms with Crippen molar-refractivity contribution in [3.05, 3.63) is 23.2 Å². The number of aliphatic imine (C=N–C) groups is 1. The van der Waals surface area contributed by atoms with Gasteiger partial charge in [0.2, 0.25) is 11.8 Å². The standard InChI is InChI=1S/C16H20N4O3S/c1-10(2)5-7-17-13(21)8-11-9-24-16(19-11)20-15(23)12-4-3-6-18-14(12)22/h3-4,6,9-10,12H,5,7-8H2,1-2H3,(H,17,21)(H,19,20,23). The first kappa shape index (κ1) is 18.0.